The molecule has 0 aromatic carbocycles. The van der Waals surface area contributed by atoms with Crippen molar-refractivity contribution < 1.29 is 0 Å². The molecule has 1 N–H and O–H groups in total. The Balaban J connectivity index is 1.87. The van der Waals surface area contributed by atoms with Crippen LogP contribution in [0.15, 0.2) is 18.2 Å². The Bertz CT molecular complexity index is 327. The van der Waals surface area contributed by atoms with Crippen LogP contribution in [0.25, 0.3) is 0 Å². The number of pyridine rings is 1. The van der Waals surface area contributed by atoms with Gasteiger partial charge in [0.05, 0.1) is 0 Å². The van der Waals surface area contributed by atoms with Crippen LogP contribution in [-0.2, 0) is 0 Å². The molecule has 1 heterocycles. The molecule has 1 aromatic rings. The summed E-state index contributed by atoms with van der Waals surface area (Å²) in [6.07, 6.45) is 3.67. The van der Waals surface area contributed by atoms with E-state index in [4.69, 9.17) is 11.6 Å². The lowest BCUT2D eigenvalue weighted by molar-refractivity contribution is 0.585. The highest BCUT2D eigenvalue weighted by atomic mass is 35.5. The lowest BCUT2D eigenvalue weighted by atomic mass is 10.1. The third-order valence-electron chi connectivity index (χ3n) is 3.00. The van der Waals surface area contributed by atoms with E-state index in [1.807, 2.05) is 25.1 Å². The molecule has 0 amide bonds. The SMILES string of the molecule is Cc1cccc(NCC2CCCC2Cl)n1. The minimum atomic E-state index is 0.349. The Labute approximate surface area is 96.1 Å². The first kappa shape index (κ1) is 10.7. The third-order valence-corrected chi connectivity index (χ3v) is 3.57. The van der Waals surface area contributed by atoms with Gasteiger partial charge in [-0.15, -0.1) is 11.6 Å². The number of hydrogen-bond acceptors (Lipinski definition) is 2. The number of nitrogens with zero attached hydrogens (tertiary/aromatic N) is 1. The number of aromatic nitrogens is 1. The second-order valence-electron chi connectivity index (χ2n) is 4.25. The van der Waals surface area contributed by atoms with Crippen molar-refractivity contribution in [1.82, 2.24) is 4.98 Å². The third kappa shape index (κ3) is 2.85. The fourth-order valence-electron chi connectivity index (χ4n) is 2.10. The van der Waals surface area contributed by atoms with Crippen molar-refractivity contribution in [3.63, 3.8) is 0 Å². The van der Waals surface area contributed by atoms with Crippen molar-refractivity contribution in [2.75, 3.05) is 11.9 Å². The van der Waals surface area contributed by atoms with Crippen LogP contribution in [0.1, 0.15) is 25.0 Å². The lowest BCUT2D eigenvalue weighted by Crippen LogP contribution is -2.18. The van der Waals surface area contributed by atoms with E-state index >= 15 is 0 Å². The highest BCUT2D eigenvalue weighted by Gasteiger charge is 2.24. The van der Waals surface area contributed by atoms with Crippen LogP contribution < -0.4 is 5.32 Å². The molecule has 2 atom stereocenters. The predicted octanol–water partition coefficient (Wildman–Crippen LogP) is 3.21. The molecule has 1 saturated carbocycles. The van der Waals surface area contributed by atoms with Crippen LogP contribution >= 0.6 is 11.6 Å². The minimum Gasteiger partial charge on any atom is -0.370 e. The van der Waals surface area contributed by atoms with Gasteiger partial charge in [0, 0.05) is 17.6 Å². The number of anilines is 1. The van der Waals surface area contributed by atoms with Crippen LogP contribution in [0.5, 0.6) is 0 Å². The summed E-state index contributed by atoms with van der Waals surface area (Å²) < 4.78 is 0. The smallest absolute Gasteiger partial charge is 0.126 e. The predicted molar refractivity (Wildman–Crippen MR) is 64.4 cm³/mol. The summed E-state index contributed by atoms with van der Waals surface area (Å²) in [6.45, 7) is 2.95. The Hall–Kier alpha value is -0.760. The summed E-state index contributed by atoms with van der Waals surface area (Å²) in [5.41, 5.74) is 1.05. The molecule has 0 bridgehead atoms. The van der Waals surface area contributed by atoms with Gasteiger partial charge in [0.15, 0.2) is 0 Å². The van der Waals surface area contributed by atoms with Crippen molar-refractivity contribution in [3.8, 4) is 0 Å². The standard InChI is InChI=1S/C12H17ClN2/c1-9-4-2-7-12(15-9)14-8-10-5-3-6-11(10)13/h2,4,7,10-11H,3,5-6,8H2,1H3,(H,14,15). The van der Waals surface area contributed by atoms with E-state index in [9.17, 15) is 0 Å². The van der Waals surface area contributed by atoms with Crippen LogP contribution in [0.4, 0.5) is 5.82 Å². The summed E-state index contributed by atoms with van der Waals surface area (Å²) in [4.78, 5) is 4.40. The fraction of sp³-hybridized carbons (Fsp3) is 0.583. The van der Waals surface area contributed by atoms with Gasteiger partial charge >= 0.3 is 0 Å². The Kier molecular flexibility index (Phi) is 3.47. The van der Waals surface area contributed by atoms with Gasteiger partial charge in [-0.2, -0.15) is 0 Å². The molecule has 1 aliphatic carbocycles. The molecule has 0 radical (unpaired) electrons. The Morgan fingerprint density at radius 2 is 2.33 bits per heavy atom. The first-order chi connectivity index (χ1) is 7.25. The Morgan fingerprint density at radius 1 is 1.47 bits per heavy atom. The van der Waals surface area contributed by atoms with E-state index < -0.39 is 0 Å². The summed E-state index contributed by atoms with van der Waals surface area (Å²) in [6, 6.07) is 6.04. The number of alkyl halides is 1. The van der Waals surface area contributed by atoms with Crippen molar-refractivity contribution in [2.24, 2.45) is 5.92 Å². The number of nitrogens with one attached hydrogen (secondary N) is 1. The molecule has 3 heteroatoms. The van der Waals surface area contributed by atoms with Crippen molar-refractivity contribution in [3.05, 3.63) is 23.9 Å². The van der Waals surface area contributed by atoms with Crippen molar-refractivity contribution in [2.45, 2.75) is 31.6 Å². The summed E-state index contributed by atoms with van der Waals surface area (Å²) in [5.74, 6) is 1.57. The van der Waals surface area contributed by atoms with Gasteiger partial charge in [-0.05, 0) is 37.8 Å². The molecule has 1 aromatic heterocycles. The van der Waals surface area contributed by atoms with E-state index in [-0.39, 0.29) is 0 Å². The lowest BCUT2D eigenvalue weighted by Gasteiger charge is -2.14. The van der Waals surface area contributed by atoms with Gasteiger partial charge in [-0.25, -0.2) is 4.98 Å². The van der Waals surface area contributed by atoms with Gasteiger partial charge < -0.3 is 5.32 Å². The maximum atomic E-state index is 6.22. The molecular weight excluding hydrogens is 208 g/mol. The average molecular weight is 225 g/mol. The maximum absolute atomic E-state index is 6.22. The van der Waals surface area contributed by atoms with Gasteiger partial charge in [0.1, 0.15) is 5.82 Å². The first-order valence-corrected chi connectivity index (χ1v) is 6.01. The summed E-state index contributed by atoms with van der Waals surface area (Å²) >= 11 is 6.22. The summed E-state index contributed by atoms with van der Waals surface area (Å²) in [7, 11) is 0. The molecular formula is C12H17ClN2. The highest BCUT2D eigenvalue weighted by Crippen LogP contribution is 2.30. The van der Waals surface area contributed by atoms with E-state index in [0.717, 1.165) is 24.5 Å². The monoisotopic (exact) mass is 224 g/mol. The van der Waals surface area contributed by atoms with Crippen LogP contribution in [0.2, 0.25) is 0 Å². The van der Waals surface area contributed by atoms with Crippen LogP contribution in [0.3, 0.4) is 0 Å². The van der Waals surface area contributed by atoms with Crippen LogP contribution in [0, 0.1) is 12.8 Å². The Morgan fingerprint density at radius 3 is 3.00 bits per heavy atom. The highest BCUT2D eigenvalue weighted by molar-refractivity contribution is 6.20. The molecule has 1 fully saturated rings. The fourth-order valence-corrected chi connectivity index (χ4v) is 2.47. The molecule has 0 aliphatic heterocycles. The molecule has 1 aliphatic rings. The molecule has 15 heavy (non-hydrogen) atoms. The normalized spacial score (nSPS) is 25.5. The number of hydrogen-bond donors (Lipinski definition) is 1. The van der Waals surface area contributed by atoms with E-state index in [1.54, 1.807) is 0 Å². The minimum absolute atomic E-state index is 0.349. The number of aryl methyl sites for hydroxylation is 1. The van der Waals surface area contributed by atoms with Crippen molar-refractivity contribution in [1.29, 1.82) is 0 Å². The molecule has 0 saturated heterocycles. The first-order valence-electron chi connectivity index (χ1n) is 5.57. The van der Waals surface area contributed by atoms with Gasteiger partial charge in [0.2, 0.25) is 0 Å². The molecule has 2 unspecified atom stereocenters. The molecule has 2 rings (SSSR count). The van der Waals surface area contributed by atoms with Gasteiger partial charge in [-0.1, -0.05) is 12.5 Å². The molecule has 82 valence electrons. The van der Waals surface area contributed by atoms with Crippen molar-refractivity contribution >= 4 is 17.4 Å². The zero-order valence-electron chi connectivity index (χ0n) is 9.04. The van der Waals surface area contributed by atoms with E-state index in [0.29, 0.717) is 11.3 Å². The van der Waals surface area contributed by atoms with Gasteiger partial charge in [0.25, 0.3) is 0 Å². The topological polar surface area (TPSA) is 24.9 Å². The van der Waals surface area contributed by atoms with E-state index in [2.05, 4.69) is 10.3 Å². The largest absolute Gasteiger partial charge is 0.370 e. The van der Waals surface area contributed by atoms with Gasteiger partial charge in [-0.3, -0.25) is 0 Å². The average Bonchev–Trinajstić information content (AvgIpc) is 2.61. The second-order valence-corrected chi connectivity index (χ2v) is 4.81. The van der Waals surface area contributed by atoms with E-state index in [1.165, 1.54) is 12.8 Å². The quantitative estimate of drug-likeness (QED) is 0.798. The number of halogens is 1. The maximum Gasteiger partial charge on any atom is 0.126 e. The zero-order valence-corrected chi connectivity index (χ0v) is 9.80. The zero-order chi connectivity index (χ0) is 10.7. The summed E-state index contributed by atoms with van der Waals surface area (Å²) in [5, 5.41) is 3.71. The van der Waals surface area contributed by atoms with Crippen LogP contribution in [-0.4, -0.2) is 16.9 Å². The molecule has 0 spiro atoms. The molecule has 2 nitrogen and oxygen atoms in total. The number of rotatable bonds is 3. The second kappa shape index (κ2) is 4.84.